The van der Waals surface area contributed by atoms with E-state index in [2.05, 4.69) is 15.4 Å². The van der Waals surface area contributed by atoms with E-state index in [-0.39, 0.29) is 24.3 Å². The number of halogens is 2. The summed E-state index contributed by atoms with van der Waals surface area (Å²) >= 11 is 0. The molecule has 0 radical (unpaired) electrons. The average molecular weight is 612 g/mol. The molecule has 0 aliphatic carbocycles. The number of fused-ring (bicyclic) bond motifs is 2. The summed E-state index contributed by atoms with van der Waals surface area (Å²) in [7, 11) is -1.67. The molecule has 43 heavy (non-hydrogen) atoms. The van der Waals surface area contributed by atoms with Crippen LogP contribution in [0.1, 0.15) is 54.7 Å². The normalized spacial score (nSPS) is 23.8. The number of sulfonamides is 1. The van der Waals surface area contributed by atoms with Gasteiger partial charge in [-0.2, -0.15) is 0 Å². The molecule has 3 atom stereocenters. The Bertz CT molecular complexity index is 1830. The van der Waals surface area contributed by atoms with Crippen LogP contribution in [0.3, 0.4) is 0 Å². The maximum absolute atomic E-state index is 15.3. The summed E-state index contributed by atoms with van der Waals surface area (Å²) < 4.78 is 61.3. The van der Waals surface area contributed by atoms with Gasteiger partial charge in [-0.05, 0) is 63.4 Å². The number of hydrogen-bond donors (Lipinski definition) is 3. The maximum Gasteiger partial charge on any atom is 0.254 e. The summed E-state index contributed by atoms with van der Waals surface area (Å²) in [5.41, 5.74) is 2.73. The lowest BCUT2D eigenvalue weighted by Crippen LogP contribution is -2.52. The van der Waals surface area contributed by atoms with E-state index >= 15 is 4.39 Å². The quantitative estimate of drug-likeness (QED) is 0.302. The van der Waals surface area contributed by atoms with Crippen LogP contribution in [-0.2, 0) is 23.6 Å². The highest BCUT2D eigenvalue weighted by Crippen LogP contribution is 2.31. The van der Waals surface area contributed by atoms with Crippen molar-refractivity contribution in [1.29, 1.82) is 0 Å². The topological polar surface area (TPSA) is 123 Å². The Balaban J connectivity index is 1.41. The Kier molecular flexibility index (Phi) is 8.05. The fraction of sp³-hybridized carbons (Fsp3) is 0.433. The minimum Gasteiger partial charge on any atom is -0.345 e. The van der Waals surface area contributed by atoms with Gasteiger partial charge in [-0.3, -0.25) is 4.79 Å². The predicted molar refractivity (Wildman–Crippen MR) is 161 cm³/mol. The zero-order chi connectivity index (χ0) is 30.3. The van der Waals surface area contributed by atoms with Crippen molar-refractivity contribution >= 4 is 38.0 Å². The molecule has 1 amide bonds. The van der Waals surface area contributed by atoms with E-state index in [1.807, 2.05) is 34.9 Å². The molecule has 13 heteroatoms. The minimum atomic E-state index is -3.45. The van der Waals surface area contributed by atoms with Crippen LogP contribution in [0.5, 0.6) is 0 Å². The van der Waals surface area contributed by atoms with Crippen LogP contribution in [-0.4, -0.2) is 64.5 Å². The smallest absolute Gasteiger partial charge is 0.254 e. The molecule has 0 saturated carbocycles. The third-order valence-electron chi connectivity index (χ3n) is 8.21. The van der Waals surface area contributed by atoms with Gasteiger partial charge in [0.15, 0.2) is 5.82 Å². The number of piperidine rings is 1. The molecule has 10 nitrogen and oxygen atoms in total. The number of amides is 1. The van der Waals surface area contributed by atoms with Crippen molar-refractivity contribution < 1.29 is 22.0 Å². The maximum atomic E-state index is 15.3. The number of imidazole rings is 1. The molecule has 0 unspecified atom stereocenters. The van der Waals surface area contributed by atoms with E-state index < -0.39 is 40.0 Å². The lowest BCUT2D eigenvalue weighted by Gasteiger charge is -2.27. The Morgan fingerprint density at radius 1 is 1.14 bits per heavy atom. The fourth-order valence-corrected chi connectivity index (χ4v) is 7.19. The number of alkyl halides is 1. The molecule has 1 saturated heterocycles. The van der Waals surface area contributed by atoms with Crippen LogP contribution < -0.4 is 15.4 Å². The highest BCUT2D eigenvalue weighted by Gasteiger charge is 2.28. The Morgan fingerprint density at radius 3 is 2.79 bits per heavy atom. The van der Waals surface area contributed by atoms with Crippen molar-refractivity contribution in [2.45, 2.75) is 57.4 Å². The van der Waals surface area contributed by atoms with Crippen LogP contribution in [0.15, 0.2) is 42.5 Å². The third-order valence-corrected chi connectivity index (χ3v) is 9.75. The average Bonchev–Trinajstić information content (AvgIpc) is 3.48. The lowest BCUT2D eigenvalue weighted by atomic mass is 10.0. The van der Waals surface area contributed by atoms with Crippen LogP contribution >= 0.6 is 0 Å². The fourth-order valence-electron chi connectivity index (χ4n) is 5.82. The molecule has 3 aromatic heterocycles. The van der Waals surface area contributed by atoms with E-state index in [0.29, 0.717) is 47.7 Å². The summed E-state index contributed by atoms with van der Waals surface area (Å²) in [4.78, 5) is 22.6. The number of allylic oxidation sites excluding steroid dienone is 2. The van der Waals surface area contributed by atoms with Crippen molar-refractivity contribution in [3.05, 3.63) is 59.6 Å². The molecule has 2 bridgehead atoms. The van der Waals surface area contributed by atoms with Crippen LogP contribution in [0, 0.1) is 5.82 Å². The molecule has 6 rings (SSSR count). The first-order chi connectivity index (χ1) is 20.6. The highest BCUT2D eigenvalue weighted by atomic mass is 32.2. The molecule has 3 N–H and O–H groups in total. The minimum absolute atomic E-state index is 0.0682. The summed E-state index contributed by atoms with van der Waals surface area (Å²) in [6, 6.07) is 7.11. The Labute approximate surface area is 248 Å². The van der Waals surface area contributed by atoms with Gasteiger partial charge in [0.05, 0.1) is 45.8 Å². The lowest BCUT2D eigenvalue weighted by molar-refractivity contribution is 0.0888. The summed E-state index contributed by atoms with van der Waals surface area (Å²) in [5.74, 6) is -0.781. The van der Waals surface area contributed by atoms with Gasteiger partial charge in [0.2, 0.25) is 10.0 Å². The largest absolute Gasteiger partial charge is 0.345 e. The van der Waals surface area contributed by atoms with Gasteiger partial charge >= 0.3 is 0 Å². The van der Waals surface area contributed by atoms with Crippen LogP contribution in [0.2, 0.25) is 0 Å². The molecule has 4 aromatic rings. The van der Waals surface area contributed by atoms with Gasteiger partial charge in [0.1, 0.15) is 17.6 Å². The second-order valence-electron chi connectivity index (χ2n) is 11.3. The number of rotatable bonds is 3. The number of aryl methyl sites for hydroxylation is 1. The number of nitrogens with one attached hydrogen (secondary N) is 3. The van der Waals surface area contributed by atoms with Crippen LogP contribution in [0.25, 0.3) is 33.6 Å². The molecule has 228 valence electrons. The Hall–Kier alpha value is -3.68. The molecular formula is C30H35F2N7O3S. The number of nitrogens with zero attached hydrogens (tertiary/aromatic N) is 4. The third kappa shape index (κ3) is 5.93. The predicted octanol–water partition coefficient (Wildman–Crippen LogP) is 3.88. The van der Waals surface area contributed by atoms with Gasteiger partial charge in [0, 0.05) is 31.6 Å². The standard InChI is InChI=1S/C30H35F2N7O3S/c1-18-23-9-8-19-14-27(39(28(19)34-23)12-6-4-3-5-7-13-43(41,42)37-18)29-35-24-15-20(22(32)16-26(24)38(29)2)30(40)36-25-17-33-11-10-21(25)31/h4,6,8-9,14-16,18,21,25,33,37H,3,5,7,10-13,17H2,1-2H3,(H,36,40)/b6-4+/t18-,21+,25+/m1/s1. The molecule has 2 aliphatic rings. The number of carbonyl (C=O) groups excluding carboxylic acids is 1. The monoisotopic (exact) mass is 611 g/mol. The van der Waals surface area contributed by atoms with E-state index in [1.54, 1.807) is 18.5 Å². The molecular weight excluding hydrogens is 576 g/mol. The Morgan fingerprint density at radius 2 is 1.98 bits per heavy atom. The summed E-state index contributed by atoms with van der Waals surface area (Å²) in [5, 5.41) is 6.51. The highest BCUT2D eigenvalue weighted by molar-refractivity contribution is 7.89. The summed E-state index contributed by atoms with van der Waals surface area (Å²) in [6.07, 6.45) is 5.20. The number of carbonyl (C=O) groups is 1. The zero-order valence-electron chi connectivity index (χ0n) is 24.1. The van der Waals surface area contributed by atoms with Crippen molar-refractivity contribution in [2.75, 3.05) is 18.8 Å². The van der Waals surface area contributed by atoms with Gasteiger partial charge < -0.3 is 19.8 Å². The van der Waals surface area contributed by atoms with E-state index in [1.165, 1.54) is 12.1 Å². The van der Waals surface area contributed by atoms with Crippen molar-refractivity contribution in [3.8, 4) is 11.5 Å². The molecule has 1 fully saturated rings. The molecule has 0 spiro atoms. The zero-order valence-corrected chi connectivity index (χ0v) is 24.9. The number of aromatic nitrogens is 4. The summed E-state index contributed by atoms with van der Waals surface area (Å²) in [6.45, 7) is 3.09. The van der Waals surface area contributed by atoms with Crippen molar-refractivity contribution in [3.63, 3.8) is 0 Å². The first kappa shape index (κ1) is 29.4. The molecule has 5 heterocycles. The number of hydrogen-bond acceptors (Lipinski definition) is 6. The van der Waals surface area contributed by atoms with E-state index in [0.717, 1.165) is 23.9 Å². The second kappa shape index (κ2) is 11.8. The van der Waals surface area contributed by atoms with E-state index in [4.69, 9.17) is 9.97 Å². The van der Waals surface area contributed by atoms with E-state index in [9.17, 15) is 17.6 Å². The van der Waals surface area contributed by atoms with Crippen molar-refractivity contribution in [1.82, 2.24) is 34.5 Å². The first-order valence-corrected chi connectivity index (χ1v) is 16.2. The molecule has 1 aromatic carbocycles. The SMILES string of the molecule is C[C@H]1NS(=O)(=O)CCCC/C=C/Cn2c(-c3nc4cc(C(=O)N[C@H]5CNCC[C@@H]5F)c(F)cc4n3C)cc3ccc1nc32. The van der Waals surface area contributed by atoms with Gasteiger partial charge in [-0.1, -0.05) is 12.2 Å². The van der Waals surface area contributed by atoms with Gasteiger partial charge in [-0.15, -0.1) is 0 Å². The second-order valence-corrected chi connectivity index (χ2v) is 13.2. The van der Waals surface area contributed by atoms with Crippen LogP contribution in [0.4, 0.5) is 8.78 Å². The first-order valence-electron chi connectivity index (χ1n) is 14.6. The number of pyridine rings is 1. The van der Waals surface area contributed by atoms with Crippen molar-refractivity contribution in [2.24, 2.45) is 7.05 Å². The van der Waals surface area contributed by atoms with Gasteiger partial charge in [-0.25, -0.2) is 31.9 Å². The van der Waals surface area contributed by atoms with Gasteiger partial charge in [0.25, 0.3) is 5.91 Å². The number of benzene rings is 1. The molecule has 2 aliphatic heterocycles.